The lowest BCUT2D eigenvalue weighted by atomic mass is 9.88. The van der Waals surface area contributed by atoms with Crippen LogP contribution in [0.3, 0.4) is 0 Å². The van der Waals surface area contributed by atoms with Crippen LogP contribution in [-0.4, -0.2) is 24.5 Å². The SMILES string of the molecule is O=C1OC(C(=O)NCCC(c2ccccc2)c2ccccc2)Cc2ccccc21. The van der Waals surface area contributed by atoms with Gasteiger partial charge in [-0.2, -0.15) is 0 Å². The van der Waals surface area contributed by atoms with Crippen molar-refractivity contribution in [2.75, 3.05) is 6.54 Å². The van der Waals surface area contributed by atoms with Crippen molar-refractivity contribution in [1.82, 2.24) is 5.32 Å². The molecule has 1 aliphatic heterocycles. The van der Waals surface area contributed by atoms with Crippen LogP contribution < -0.4 is 5.32 Å². The number of cyclic esters (lactones) is 1. The van der Waals surface area contributed by atoms with Crippen LogP contribution in [0.1, 0.15) is 39.4 Å². The van der Waals surface area contributed by atoms with Gasteiger partial charge in [-0.25, -0.2) is 4.79 Å². The first-order valence-corrected chi connectivity index (χ1v) is 9.89. The first kappa shape index (κ1) is 18.9. The molecule has 0 fully saturated rings. The van der Waals surface area contributed by atoms with Gasteiger partial charge in [-0.05, 0) is 29.2 Å². The number of esters is 1. The first-order valence-electron chi connectivity index (χ1n) is 9.89. The Kier molecular flexibility index (Phi) is 5.71. The smallest absolute Gasteiger partial charge is 0.339 e. The molecule has 3 aromatic rings. The van der Waals surface area contributed by atoms with E-state index < -0.39 is 12.1 Å². The summed E-state index contributed by atoms with van der Waals surface area (Å²) in [4.78, 5) is 24.8. The Morgan fingerprint density at radius 3 is 2.14 bits per heavy atom. The molecule has 1 amide bonds. The Labute approximate surface area is 170 Å². The minimum atomic E-state index is -0.774. The molecule has 1 atom stereocenters. The fourth-order valence-corrected chi connectivity index (χ4v) is 3.83. The van der Waals surface area contributed by atoms with E-state index in [2.05, 4.69) is 29.6 Å². The molecule has 4 rings (SSSR count). The van der Waals surface area contributed by atoms with Gasteiger partial charge < -0.3 is 10.1 Å². The average molecular weight is 385 g/mol. The van der Waals surface area contributed by atoms with Crippen molar-refractivity contribution in [2.45, 2.75) is 24.9 Å². The van der Waals surface area contributed by atoms with Gasteiger partial charge in [-0.3, -0.25) is 4.79 Å². The second-order valence-corrected chi connectivity index (χ2v) is 7.21. The summed E-state index contributed by atoms with van der Waals surface area (Å²) in [5.41, 5.74) is 3.83. The highest BCUT2D eigenvalue weighted by atomic mass is 16.5. The number of fused-ring (bicyclic) bond motifs is 1. The summed E-state index contributed by atoms with van der Waals surface area (Å²) >= 11 is 0. The second-order valence-electron chi connectivity index (χ2n) is 7.21. The van der Waals surface area contributed by atoms with Crippen LogP contribution in [0.25, 0.3) is 0 Å². The zero-order valence-corrected chi connectivity index (χ0v) is 16.1. The summed E-state index contributed by atoms with van der Waals surface area (Å²) in [6, 6.07) is 27.8. The number of amides is 1. The minimum absolute atomic E-state index is 0.187. The zero-order valence-electron chi connectivity index (χ0n) is 16.1. The Bertz CT molecular complexity index is 946. The van der Waals surface area contributed by atoms with Gasteiger partial charge in [0.2, 0.25) is 0 Å². The molecule has 1 aliphatic rings. The third-order valence-electron chi connectivity index (χ3n) is 5.32. The molecule has 0 aliphatic carbocycles. The van der Waals surface area contributed by atoms with E-state index in [9.17, 15) is 9.59 Å². The van der Waals surface area contributed by atoms with Crippen molar-refractivity contribution in [3.8, 4) is 0 Å². The predicted molar refractivity (Wildman–Crippen MR) is 112 cm³/mol. The van der Waals surface area contributed by atoms with Crippen LogP contribution in [0.5, 0.6) is 0 Å². The number of hydrogen-bond acceptors (Lipinski definition) is 3. The topological polar surface area (TPSA) is 55.4 Å². The van der Waals surface area contributed by atoms with E-state index in [4.69, 9.17) is 4.74 Å². The number of nitrogens with one attached hydrogen (secondary N) is 1. The monoisotopic (exact) mass is 385 g/mol. The number of hydrogen-bond donors (Lipinski definition) is 1. The summed E-state index contributed by atoms with van der Waals surface area (Å²) < 4.78 is 5.35. The van der Waals surface area contributed by atoms with Gasteiger partial charge in [-0.15, -0.1) is 0 Å². The molecular weight excluding hydrogens is 362 g/mol. The van der Waals surface area contributed by atoms with E-state index in [0.29, 0.717) is 18.5 Å². The van der Waals surface area contributed by atoms with Gasteiger partial charge >= 0.3 is 5.97 Å². The highest BCUT2D eigenvalue weighted by Crippen LogP contribution is 2.27. The number of carbonyl (C=O) groups excluding carboxylic acids is 2. The van der Waals surface area contributed by atoms with Gasteiger partial charge in [0, 0.05) is 18.9 Å². The molecule has 4 nitrogen and oxygen atoms in total. The maximum absolute atomic E-state index is 12.6. The van der Waals surface area contributed by atoms with E-state index in [-0.39, 0.29) is 11.8 Å². The number of benzene rings is 3. The van der Waals surface area contributed by atoms with Gasteiger partial charge in [0.1, 0.15) is 0 Å². The van der Waals surface area contributed by atoms with Crippen molar-refractivity contribution in [2.24, 2.45) is 0 Å². The lowest BCUT2D eigenvalue weighted by molar-refractivity contribution is -0.130. The van der Waals surface area contributed by atoms with Gasteiger partial charge in [0.15, 0.2) is 6.10 Å². The third-order valence-corrected chi connectivity index (χ3v) is 5.32. The van der Waals surface area contributed by atoms with Crippen molar-refractivity contribution in [3.63, 3.8) is 0 Å². The highest BCUT2D eigenvalue weighted by Gasteiger charge is 2.30. The van der Waals surface area contributed by atoms with Crippen LogP contribution in [0, 0.1) is 0 Å². The lowest BCUT2D eigenvalue weighted by Crippen LogP contribution is -2.42. The minimum Gasteiger partial charge on any atom is -0.448 e. The summed E-state index contributed by atoms with van der Waals surface area (Å²) in [6.45, 7) is 0.503. The van der Waals surface area contributed by atoms with Crippen molar-refractivity contribution in [1.29, 1.82) is 0 Å². The quantitative estimate of drug-likeness (QED) is 0.650. The molecule has 0 bridgehead atoms. The molecule has 3 aromatic carbocycles. The Morgan fingerprint density at radius 2 is 1.48 bits per heavy atom. The first-order chi connectivity index (χ1) is 14.2. The lowest BCUT2D eigenvalue weighted by Gasteiger charge is -2.24. The van der Waals surface area contributed by atoms with Crippen LogP contribution in [0.2, 0.25) is 0 Å². The molecule has 29 heavy (non-hydrogen) atoms. The largest absolute Gasteiger partial charge is 0.448 e. The van der Waals surface area contributed by atoms with Crippen LogP contribution in [0.4, 0.5) is 0 Å². The van der Waals surface area contributed by atoms with E-state index in [1.54, 1.807) is 12.1 Å². The van der Waals surface area contributed by atoms with E-state index in [0.717, 1.165) is 12.0 Å². The zero-order chi connectivity index (χ0) is 20.1. The summed E-state index contributed by atoms with van der Waals surface area (Å²) in [6.07, 6.45) is 0.398. The number of carbonyl (C=O) groups is 2. The molecule has 0 aromatic heterocycles. The number of ether oxygens (including phenoxy) is 1. The van der Waals surface area contributed by atoms with E-state index in [1.807, 2.05) is 48.5 Å². The van der Waals surface area contributed by atoms with Crippen molar-refractivity contribution in [3.05, 3.63) is 107 Å². The highest BCUT2D eigenvalue weighted by molar-refractivity contribution is 5.95. The van der Waals surface area contributed by atoms with Crippen LogP contribution in [-0.2, 0) is 16.0 Å². The van der Waals surface area contributed by atoms with E-state index >= 15 is 0 Å². The molecule has 1 unspecified atom stereocenters. The summed E-state index contributed by atoms with van der Waals surface area (Å²) in [7, 11) is 0. The average Bonchev–Trinajstić information content (AvgIpc) is 2.78. The Morgan fingerprint density at radius 1 is 0.897 bits per heavy atom. The standard InChI is InChI=1S/C25H23NO3/c27-24(23-17-20-13-7-8-14-22(20)25(28)29-23)26-16-15-21(18-9-3-1-4-10-18)19-11-5-2-6-12-19/h1-14,21,23H,15-17H2,(H,26,27). The van der Waals surface area contributed by atoms with Crippen LogP contribution in [0.15, 0.2) is 84.9 Å². The van der Waals surface area contributed by atoms with Gasteiger partial charge in [0.05, 0.1) is 5.56 Å². The Balaban J connectivity index is 1.40. The molecule has 0 saturated heterocycles. The normalized spacial score (nSPS) is 15.5. The summed E-state index contributed by atoms with van der Waals surface area (Å²) in [5, 5.41) is 2.96. The second kappa shape index (κ2) is 8.74. The molecule has 146 valence electrons. The number of rotatable bonds is 6. The molecule has 0 radical (unpaired) electrons. The fraction of sp³-hybridized carbons (Fsp3) is 0.200. The molecular formula is C25H23NO3. The van der Waals surface area contributed by atoms with E-state index in [1.165, 1.54) is 11.1 Å². The maximum atomic E-state index is 12.6. The van der Waals surface area contributed by atoms with Crippen LogP contribution >= 0.6 is 0 Å². The molecule has 1 heterocycles. The fourth-order valence-electron chi connectivity index (χ4n) is 3.83. The third kappa shape index (κ3) is 4.37. The molecule has 4 heteroatoms. The van der Waals surface area contributed by atoms with Gasteiger partial charge in [-0.1, -0.05) is 78.9 Å². The van der Waals surface area contributed by atoms with Crippen molar-refractivity contribution < 1.29 is 14.3 Å². The van der Waals surface area contributed by atoms with Gasteiger partial charge in [0.25, 0.3) is 5.91 Å². The Hall–Kier alpha value is -3.40. The molecule has 0 spiro atoms. The predicted octanol–water partition coefficient (Wildman–Crippen LogP) is 4.11. The maximum Gasteiger partial charge on any atom is 0.339 e. The molecule has 0 saturated carbocycles. The molecule has 1 N–H and O–H groups in total. The van der Waals surface area contributed by atoms with Crippen molar-refractivity contribution >= 4 is 11.9 Å². The summed E-state index contributed by atoms with van der Waals surface area (Å²) in [5.74, 6) is -0.487.